The molecule has 0 saturated carbocycles. The molecule has 0 aliphatic carbocycles. The molecule has 0 radical (unpaired) electrons. The summed E-state index contributed by atoms with van der Waals surface area (Å²) in [5, 5.41) is 8.52. The number of fused-ring (bicyclic) bond motifs is 1. The number of rotatable bonds is 6. The van der Waals surface area contributed by atoms with E-state index in [1.165, 1.54) is 4.68 Å². The Kier molecular flexibility index (Phi) is 5.20. The second-order valence-electron chi connectivity index (χ2n) is 6.78. The lowest BCUT2D eigenvalue weighted by Gasteiger charge is -2.22. The van der Waals surface area contributed by atoms with E-state index >= 15 is 0 Å². The molecule has 0 saturated heterocycles. The first-order valence-electron chi connectivity index (χ1n) is 9.34. The number of carbonyl (C=O) groups is 1. The molecule has 0 N–H and O–H groups in total. The maximum Gasteiger partial charge on any atom is 0.277 e. The minimum absolute atomic E-state index is 0.113. The van der Waals surface area contributed by atoms with E-state index in [1.807, 2.05) is 37.3 Å². The van der Waals surface area contributed by atoms with Gasteiger partial charge in [-0.25, -0.2) is 4.68 Å². The Morgan fingerprint density at radius 1 is 1.07 bits per heavy atom. The highest BCUT2D eigenvalue weighted by molar-refractivity contribution is 5.93. The number of anilines is 1. The van der Waals surface area contributed by atoms with Crippen LogP contribution >= 0.6 is 0 Å². The molecule has 2 aromatic heterocycles. The van der Waals surface area contributed by atoms with Gasteiger partial charge in [0.2, 0.25) is 5.91 Å². The second kappa shape index (κ2) is 8.10. The number of aromatic nitrogens is 3. The molecule has 0 spiro atoms. The molecule has 4 aromatic rings. The van der Waals surface area contributed by atoms with Crippen LogP contribution in [0.15, 0.2) is 76.1 Å². The molecule has 7 nitrogen and oxygen atoms in total. The standard InChI is InChI=1S/C22H20N4O3/c1-16-8-10-17(11-9-16)25(15-18-5-4-14-29-18)21(27)12-13-26-22(28)19-6-2-3-7-20(19)23-24-26/h2-11,14H,12-13,15H2,1H3. The number of hydrogen-bond acceptors (Lipinski definition) is 5. The lowest BCUT2D eigenvalue weighted by atomic mass is 10.2. The molecule has 0 aliphatic heterocycles. The summed E-state index contributed by atoms with van der Waals surface area (Å²) in [7, 11) is 0. The number of amides is 1. The zero-order valence-electron chi connectivity index (χ0n) is 16.0. The van der Waals surface area contributed by atoms with Crippen LogP contribution in [0.25, 0.3) is 10.9 Å². The van der Waals surface area contributed by atoms with Crippen molar-refractivity contribution >= 4 is 22.5 Å². The van der Waals surface area contributed by atoms with Crippen molar-refractivity contribution in [3.05, 3.63) is 88.6 Å². The van der Waals surface area contributed by atoms with E-state index < -0.39 is 0 Å². The fraction of sp³-hybridized carbons (Fsp3) is 0.182. The number of aryl methyl sites for hydroxylation is 2. The summed E-state index contributed by atoms with van der Waals surface area (Å²) >= 11 is 0. The van der Waals surface area contributed by atoms with Gasteiger partial charge in [-0.15, -0.1) is 5.10 Å². The van der Waals surface area contributed by atoms with Crippen molar-refractivity contribution in [2.45, 2.75) is 26.4 Å². The molecule has 146 valence electrons. The molecule has 4 rings (SSSR count). The van der Waals surface area contributed by atoms with Gasteiger partial charge in [0.05, 0.1) is 24.7 Å². The van der Waals surface area contributed by atoms with Crippen LogP contribution in [0.5, 0.6) is 0 Å². The third-order valence-corrected chi connectivity index (χ3v) is 4.71. The molecule has 1 amide bonds. The zero-order chi connectivity index (χ0) is 20.2. The van der Waals surface area contributed by atoms with Gasteiger partial charge in [0, 0.05) is 12.1 Å². The van der Waals surface area contributed by atoms with Gasteiger partial charge in [0.25, 0.3) is 5.56 Å². The van der Waals surface area contributed by atoms with E-state index in [1.54, 1.807) is 41.5 Å². The van der Waals surface area contributed by atoms with Crippen LogP contribution < -0.4 is 10.5 Å². The Hall–Kier alpha value is -3.74. The van der Waals surface area contributed by atoms with Gasteiger partial charge in [-0.3, -0.25) is 9.59 Å². The van der Waals surface area contributed by atoms with Crippen LogP contribution in [0.4, 0.5) is 5.69 Å². The van der Waals surface area contributed by atoms with Gasteiger partial charge in [0.1, 0.15) is 11.3 Å². The number of hydrogen-bond donors (Lipinski definition) is 0. The fourth-order valence-electron chi connectivity index (χ4n) is 3.11. The summed E-state index contributed by atoms with van der Waals surface area (Å²) in [5.74, 6) is 0.550. The first-order valence-corrected chi connectivity index (χ1v) is 9.34. The van der Waals surface area contributed by atoms with E-state index in [2.05, 4.69) is 10.3 Å². The van der Waals surface area contributed by atoms with Crippen LogP contribution in [0, 0.1) is 6.92 Å². The predicted molar refractivity (Wildman–Crippen MR) is 109 cm³/mol. The highest BCUT2D eigenvalue weighted by atomic mass is 16.3. The van der Waals surface area contributed by atoms with Crippen molar-refractivity contribution in [1.82, 2.24) is 15.0 Å². The quantitative estimate of drug-likeness (QED) is 0.506. The van der Waals surface area contributed by atoms with Crippen molar-refractivity contribution in [1.29, 1.82) is 0 Å². The van der Waals surface area contributed by atoms with Crippen molar-refractivity contribution in [2.24, 2.45) is 0 Å². The highest BCUT2D eigenvalue weighted by Gasteiger charge is 2.18. The number of benzene rings is 2. The normalized spacial score (nSPS) is 10.9. The summed E-state index contributed by atoms with van der Waals surface area (Å²) in [4.78, 5) is 27.3. The zero-order valence-corrected chi connectivity index (χ0v) is 16.0. The molecule has 2 heterocycles. The first-order chi connectivity index (χ1) is 14.1. The van der Waals surface area contributed by atoms with Crippen molar-refractivity contribution in [2.75, 3.05) is 4.90 Å². The van der Waals surface area contributed by atoms with Crippen LogP contribution in [-0.2, 0) is 17.9 Å². The summed E-state index contributed by atoms with van der Waals surface area (Å²) in [6.07, 6.45) is 1.69. The van der Waals surface area contributed by atoms with Crippen molar-refractivity contribution in [3.63, 3.8) is 0 Å². The SMILES string of the molecule is Cc1ccc(N(Cc2ccco2)C(=O)CCn2nnc3ccccc3c2=O)cc1. The topological polar surface area (TPSA) is 81.2 Å². The second-order valence-corrected chi connectivity index (χ2v) is 6.78. The van der Waals surface area contributed by atoms with Crippen LogP contribution in [-0.4, -0.2) is 20.9 Å². The lowest BCUT2D eigenvalue weighted by molar-refractivity contribution is -0.119. The first kappa shape index (κ1) is 18.6. The van der Waals surface area contributed by atoms with E-state index in [0.29, 0.717) is 23.2 Å². The van der Waals surface area contributed by atoms with Gasteiger partial charge in [0.15, 0.2) is 0 Å². The number of furan rings is 1. The van der Waals surface area contributed by atoms with Crippen molar-refractivity contribution in [3.8, 4) is 0 Å². The molecule has 0 bridgehead atoms. The maximum atomic E-state index is 13.0. The number of nitrogens with zero attached hydrogens (tertiary/aromatic N) is 4. The third-order valence-electron chi connectivity index (χ3n) is 4.71. The summed E-state index contributed by atoms with van der Waals surface area (Å²) < 4.78 is 6.65. The fourth-order valence-corrected chi connectivity index (χ4v) is 3.11. The molecule has 0 unspecified atom stereocenters. The molecule has 29 heavy (non-hydrogen) atoms. The van der Waals surface area contributed by atoms with Gasteiger partial charge >= 0.3 is 0 Å². The van der Waals surface area contributed by atoms with Gasteiger partial charge in [-0.05, 0) is 43.3 Å². The summed E-state index contributed by atoms with van der Waals surface area (Å²) in [6.45, 7) is 2.45. The Bertz CT molecular complexity index is 1180. The molecular formula is C22H20N4O3. The van der Waals surface area contributed by atoms with Crippen LogP contribution in [0.1, 0.15) is 17.7 Å². The third kappa shape index (κ3) is 4.08. The van der Waals surface area contributed by atoms with E-state index in [-0.39, 0.29) is 24.4 Å². The molecule has 0 atom stereocenters. The molecule has 7 heteroatoms. The van der Waals surface area contributed by atoms with E-state index in [9.17, 15) is 9.59 Å². The van der Waals surface area contributed by atoms with Crippen LogP contribution in [0.3, 0.4) is 0 Å². The monoisotopic (exact) mass is 388 g/mol. The average molecular weight is 388 g/mol. The average Bonchev–Trinajstić information content (AvgIpc) is 3.26. The minimum atomic E-state index is -0.253. The summed E-state index contributed by atoms with van der Waals surface area (Å²) in [6, 6.07) is 18.4. The maximum absolute atomic E-state index is 13.0. The molecule has 0 fully saturated rings. The molecular weight excluding hydrogens is 368 g/mol. The van der Waals surface area contributed by atoms with Gasteiger partial charge in [-0.1, -0.05) is 35.0 Å². The van der Waals surface area contributed by atoms with E-state index in [4.69, 9.17) is 4.42 Å². The summed E-state index contributed by atoms with van der Waals surface area (Å²) in [5.41, 5.74) is 2.17. The predicted octanol–water partition coefficient (Wildman–Crippen LogP) is 3.32. The minimum Gasteiger partial charge on any atom is -0.467 e. The van der Waals surface area contributed by atoms with Gasteiger partial charge in [-0.2, -0.15) is 0 Å². The Labute approximate surface area is 167 Å². The van der Waals surface area contributed by atoms with Crippen molar-refractivity contribution < 1.29 is 9.21 Å². The Morgan fingerprint density at radius 2 is 1.86 bits per heavy atom. The van der Waals surface area contributed by atoms with Gasteiger partial charge < -0.3 is 9.32 Å². The Balaban J connectivity index is 1.55. The Morgan fingerprint density at radius 3 is 2.62 bits per heavy atom. The highest BCUT2D eigenvalue weighted by Crippen LogP contribution is 2.19. The molecule has 2 aromatic carbocycles. The van der Waals surface area contributed by atoms with E-state index in [0.717, 1.165) is 11.3 Å². The largest absolute Gasteiger partial charge is 0.467 e. The van der Waals surface area contributed by atoms with Crippen LogP contribution in [0.2, 0.25) is 0 Å². The molecule has 0 aliphatic rings. The number of carbonyl (C=O) groups excluding carboxylic acids is 1. The smallest absolute Gasteiger partial charge is 0.277 e. The lowest BCUT2D eigenvalue weighted by Crippen LogP contribution is -2.33.